The van der Waals surface area contributed by atoms with E-state index in [1.165, 1.54) is 11.8 Å². The van der Waals surface area contributed by atoms with Crippen LogP contribution in [-0.4, -0.2) is 38.8 Å². The normalized spacial score (nSPS) is 17.3. The van der Waals surface area contributed by atoms with Gasteiger partial charge < -0.3 is 16.0 Å². The second-order valence-corrected chi connectivity index (χ2v) is 6.12. The zero-order valence-corrected chi connectivity index (χ0v) is 13.3. The summed E-state index contributed by atoms with van der Waals surface area (Å²) < 4.78 is 0. The van der Waals surface area contributed by atoms with Crippen molar-refractivity contribution in [1.82, 2.24) is 15.2 Å². The number of carbonyl (C=O) groups is 2. The van der Waals surface area contributed by atoms with Crippen molar-refractivity contribution in [2.75, 3.05) is 21.7 Å². The van der Waals surface area contributed by atoms with Gasteiger partial charge in [-0.3, -0.25) is 9.59 Å². The van der Waals surface area contributed by atoms with Crippen molar-refractivity contribution in [2.45, 2.75) is 24.5 Å². The fourth-order valence-corrected chi connectivity index (χ4v) is 3.15. The lowest BCUT2D eigenvalue weighted by Gasteiger charge is -2.27. The van der Waals surface area contributed by atoms with E-state index in [1.54, 1.807) is 11.0 Å². The molecule has 120 valence electrons. The molecule has 2 amide bonds. The summed E-state index contributed by atoms with van der Waals surface area (Å²) in [7, 11) is 0. The number of hydrogen-bond donors (Lipinski definition) is 3. The van der Waals surface area contributed by atoms with Crippen molar-refractivity contribution >= 4 is 40.9 Å². The Kier molecular flexibility index (Phi) is 4.20. The predicted octanol–water partition coefficient (Wildman–Crippen LogP) is 1.24. The number of fused-ring (bicyclic) bond motifs is 1. The first-order valence-corrected chi connectivity index (χ1v) is 8.05. The van der Waals surface area contributed by atoms with Crippen LogP contribution in [0.1, 0.15) is 13.3 Å². The summed E-state index contributed by atoms with van der Waals surface area (Å²) in [6.07, 6.45) is 0.249. The highest BCUT2D eigenvalue weighted by Gasteiger charge is 2.29. The number of rotatable bonds is 3. The smallest absolute Gasteiger partial charge is 0.237 e. The van der Waals surface area contributed by atoms with Crippen LogP contribution in [0.5, 0.6) is 0 Å². The summed E-state index contributed by atoms with van der Waals surface area (Å²) in [5, 5.41) is 9.67. The average Bonchev–Trinajstić information content (AvgIpc) is 2.86. The second-order valence-electron chi connectivity index (χ2n) is 5.17. The third kappa shape index (κ3) is 3.29. The Balaban J connectivity index is 1.81. The number of thioether (sulfide) groups is 1. The number of aromatic nitrogens is 3. The molecule has 0 bridgehead atoms. The van der Waals surface area contributed by atoms with Crippen LogP contribution in [0.15, 0.2) is 29.4 Å². The zero-order chi connectivity index (χ0) is 16.4. The number of para-hydroxylation sites is 2. The summed E-state index contributed by atoms with van der Waals surface area (Å²) in [6, 6.07) is 7.04. The Bertz CT molecular complexity index is 746. The monoisotopic (exact) mass is 332 g/mol. The van der Waals surface area contributed by atoms with Crippen molar-refractivity contribution in [3.05, 3.63) is 24.3 Å². The SMILES string of the molecule is C[C@H]1CC(=O)Nc2ccccc2N1C(=O)CSc1n[nH]c(N)n1. The quantitative estimate of drug-likeness (QED) is 0.728. The zero-order valence-electron chi connectivity index (χ0n) is 12.4. The summed E-state index contributed by atoms with van der Waals surface area (Å²) in [4.78, 5) is 30.2. The van der Waals surface area contributed by atoms with E-state index in [-0.39, 0.29) is 36.0 Å². The molecule has 0 spiro atoms. The van der Waals surface area contributed by atoms with Gasteiger partial charge in [-0.2, -0.15) is 4.98 Å². The highest BCUT2D eigenvalue weighted by Crippen LogP contribution is 2.32. The molecule has 0 radical (unpaired) electrons. The van der Waals surface area contributed by atoms with Crippen molar-refractivity contribution in [1.29, 1.82) is 0 Å². The molecule has 0 fully saturated rings. The van der Waals surface area contributed by atoms with Gasteiger partial charge in [0.05, 0.1) is 17.1 Å². The summed E-state index contributed by atoms with van der Waals surface area (Å²) in [6.45, 7) is 1.86. The van der Waals surface area contributed by atoms with E-state index in [0.717, 1.165) is 0 Å². The Morgan fingerprint density at radius 3 is 3.00 bits per heavy atom. The van der Waals surface area contributed by atoms with Crippen molar-refractivity contribution in [3.63, 3.8) is 0 Å². The number of nitrogens with one attached hydrogen (secondary N) is 2. The van der Waals surface area contributed by atoms with Gasteiger partial charge in [-0.05, 0) is 19.1 Å². The van der Waals surface area contributed by atoms with Gasteiger partial charge in [0.25, 0.3) is 0 Å². The summed E-state index contributed by atoms with van der Waals surface area (Å²) in [5.74, 6) is 0.150. The lowest BCUT2D eigenvalue weighted by Crippen LogP contribution is -2.40. The van der Waals surface area contributed by atoms with Crippen LogP contribution in [0.3, 0.4) is 0 Å². The molecule has 1 atom stereocenters. The van der Waals surface area contributed by atoms with Crippen LogP contribution in [0.4, 0.5) is 17.3 Å². The molecular weight excluding hydrogens is 316 g/mol. The van der Waals surface area contributed by atoms with Crippen molar-refractivity contribution < 1.29 is 9.59 Å². The highest BCUT2D eigenvalue weighted by atomic mass is 32.2. The Morgan fingerprint density at radius 1 is 1.48 bits per heavy atom. The van der Waals surface area contributed by atoms with Gasteiger partial charge in [-0.15, -0.1) is 5.10 Å². The number of aromatic amines is 1. The second kappa shape index (κ2) is 6.29. The van der Waals surface area contributed by atoms with Crippen LogP contribution in [0.25, 0.3) is 0 Å². The molecular formula is C14H16N6O2S. The molecule has 0 unspecified atom stereocenters. The van der Waals surface area contributed by atoms with E-state index < -0.39 is 0 Å². The molecule has 1 aromatic carbocycles. The molecule has 2 aromatic rings. The minimum Gasteiger partial charge on any atom is -0.368 e. The fourth-order valence-electron chi connectivity index (χ4n) is 2.49. The molecule has 2 heterocycles. The van der Waals surface area contributed by atoms with Gasteiger partial charge in [-0.1, -0.05) is 23.9 Å². The van der Waals surface area contributed by atoms with E-state index in [0.29, 0.717) is 16.5 Å². The molecule has 8 nitrogen and oxygen atoms in total. The minimum absolute atomic E-state index is 0.102. The molecule has 0 aliphatic carbocycles. The minimum atomic E-state index is -0.232. The maximum Gasteiger partial charge on any atom is 0.237 e. The largest absolute Gasteiger partial charge is 0.368 e. The van der Waals surface area contributed by atoms with Gasteiger partial charge >= 0.3 is 0 Å². The number of nitrogens with zero attached hydrogens (tertiary/aromatic N) is 3. The first kappa shape index (κ1) is 15.3. The number of nitrogen functional groups attached to an aromatic ring is 1. The van der Waals surface area contributed by atoms with Crippen molar-refractivity contribution in [2.24, 2.45) is 0 Å². The number of hydrogen-bond acceptors (Lipinski definition) is 6. The van der Waals surface area contributed by atoms with Gasteiger partial charge in [0.15, 0.2) is 0 Å². The average molecular weight is 332 g/mol. The first-order chi connectivity index (χ1) is 11.0. The number of carbonyl (C=O) groups excluding carboxylic acids is 2. The van der Waals surface area contributed by atoms with Crippen LogP contribution >= 0.6 is 11.8 Å². The number of H-pyrrole nitrogens is 1. The number of anilines is 3. The maximum atomic E-state index is 12.7. The molecule has 9 heteroatoms. The maximum absolute atomic E-state index is 12.7. The Morgan fingerprint density at radius 2 is 2.26 bits per heavy atom. The first-order valence-electron chi connectivity index (χ1n) is 7.06. The van der Waals surface area contributed by atoms with Crippen LogP contribution in [0, 0.1) is 0 Å². The molecule has 3 rings (SSSR count). The fraction of sp³-hybridized carbons (Fsp3) is 0.286. The topological polar surface area (TPSA) is 117 Å². The number of benzene rings is 1. The molecule has 1 aromatic heterocycles. The van der Waals surface area contributed by atoms with Gasteiger partial charge in [0.2, 0.25) is 22.9 Å². The standard InChI is InChI=1S/C14H16N6O2S/c1-8-6-11(21)16-9-4-2-3-5-10(9)20(8)12(22)7-23-14-17-13(15)18-19-14/h2-5,8H,6-7H2,1H3,(H,16,21)(H3,15,17,18,19)/t8-/m0/s1. The van der Waals surface area contributed by atoms with Crippen LogP contribution < -0.4 is 16.0 Å². The van der Waals surface area contributed by atoms with Crippen LogP contribution in [0.2, 0.25) is 0 Å². The van der Waals surface area contributed by atoms with Gasteiger partial charge in [0, 0.05) is 12.5 Å². The number of nitrogens with two attached hydrogens (primary N) is 1. The Labute approximate surface area is 136 Å². The molecule has 4 N–H and O–H groups in total. The Hall–Kier alpha value is -2.55. The molecule has 1 aliphatic rings. The van der Waals surface area contributed by atoms with Crippen molar-refractivity contribution in [3.8, 4) is 0 Å². The lowest BCUT2D eigenvalue weighted by molar-refractivity contribution is -0.117. The van der Waals surface area contributed by atoms with E-state index >= 15 is 0 Å². The summed E-state index contributed by atoms with van der Waals surface area (Å²) in [5.41, 5.74) is 6.81. The summed E-state index contributed by atoms with van der Waals surface area (Å²) >= 11 is 1.20. The molecule has 23 heavy (non-hydrogen) atoms. The van der Waals surface area contributed by atoms with Gasteiger partial charge in [-0.25, -0.2) is 5.10 Å². The number of amides is 2. The van der Waals surface area contributed by atoms with E-state index in [9.17, 15) is 9.59 Å². The lowest BCUT2D eigenvalue weighted by atomic mass is 10.2. The van der Waals surface area contributed by atoms with E-state index in [4.69, 9.17) is 5.73 Å². The predicted molar refractivity (Wildman–Crippen MR) is 88.2 cm³/mol. The molecule has 0 saturated carbocycles. The highest BCUT2D eigenvalue weighted by molar-refractivity contribution is 7.99. The third-order valence-electron chi connectivity index (χ3n) is 3.43. The molecule has 1 aliphatic heterocycles. The third-order valence-corrected chi connectivity index (χ3v) is 4.27. The van der Waals surface area contributed by atoms with Gasteiger partial charge in [0.1, 0.15) is 0 Å². The van der Waals surface area contributed by atoms with E-state index in [2.05, 4.69) is 20.5 Å². The molecule has 0 saturated heterocycles. The van der Waals surface area contributed by atoms with E-state index in [1.807, 2.05) is 25.1 Å². The van der Waals surface area contributed by atoms with Crippen LogP contribution in [-0.2, 0) is 9.59 Å².